The molecular formula is C29H28N2O5. The van der Waals surface area contributed by atoms with Gasteiger partial charge in [-0.3, -0.25) is 9.59 Å². The predicted molar refractivity (Wildman–Crippen MR) is 137 cm³/mol. The predicted octanol–water partition coefficient (Wildman–Crippen LogP) is 4.37. The van der Waals surface area contributed by atoms with Crippen LogP contribution in [0.3, 0.4) is 0 Å². The minimum Gasteiger partial charge on any atom is -0.480 e. The fourth-order valence-corrected chi connectivity index (χ4v) is 4.54. The van der Waals surface area contributed by atoms with Crippen molar-refractivity contribution in [3.8, 4) is 16.9 Å². The summed E-state index contributed by atoms with van der Waals surface area (Å²) in [5.41, 5.74) is 10.8. The number of nitrogens with zero attached hydrogens (tertiary/aromatic N) is 1. The number of hydrogen-bond acceptors (Lipinski definition) is 5. The monoisotopic (exact) mass is 484 g/mol. The summed E-state index contributed by atoms with van der Waals surface area (Å²) in [6, 6.07) is 21.6. The number of carbonyl (C=O) groups is 3. The number of aromatic nitrogens is 1. The second-order valence-corrected chi connectivity index (χ2v) is 8.23. The van der Waals surface area contributed by atoms with Crippen LogP contribution in [0, 0.1) is 0 Å². The summed E-state index contributed by atoms with van der Waals surface area (Å²) in [4.78, 5) is 37.0. The van der Waals surface area contributed by atoms with Gasteiger partial charge in [-0.2, -0.15) is 0 Å². The van der Waals surface area contributed by atoms with Gasteiger partial charge in [0.15, 0.2) is 6.61 Å². The van der Waals surface area contributed by atoms with E-state index in [9.17, 15) is 14.4 Å². The molecule has 0 saturated heterocycles. The molecule has 1 amide bonds. The molecule has 184 valence electrons. The molecule has 0 bridgehead atoms. The van der Waals surface area contributed by atoms with Gasteiger partial charge in [0, 0.05) is 18.3 Å². The molecule has 7 heteroatoms. The van der Waals surface area contributed by atoms with Gasteiger partial charge in [0.2, 0.25) is 0 Å². The Morgan fingerprint density at radius 2 is 1.64 bits per heavy atom. The van der Waals surface area contributed by atoms with Gasteiger partial charge in [-0.1, -0.05) is 61.5 Å². The summed E-state index contributed by atoms with van der Waals surface area (Å²) in [7, 11) is 0. The van der Waals surface area contributed by atoms with Gasteiger partial charge >= 0.3 is 5.97 Å². The van der Waals surface area contributed by atoms with Gasteiger partial charge < -0.3 is 19.6 Å². The highest BCUT2D eigenvalue weighted by Gasteiger charge is 2.28. The fourth-order valence-electron chi connectivity index (χ4n) is 4.54. The quantitative estimate of drug-likeness (QED) is 0.205. The number of Topliss-reactive ketones (excluding diaryl/α,β-unsaturated/α-hetero) is 1. The number of esters is 1. The van der Waals surface area contributed by atoms with Gasteiger partial charge in [-0.25, -0.2) is 4.79 Å². The summed E-state index contributed by atoms with van der Waals surface area (Å²) in [5.74, 6) is -2.07. The van der Waals surface area contributed by atoms with Crippen LogP contribution in [0.4, 0.5) is 0 Å². The van der Waals surface area contributed by atoms with Crippen molar-refractivity contribution in [2.45, 2.75) is 26.7 Å². The molecule has 0 fully saturated rings. The van der Waals surface area contributed by atoms with Gasteiger partial charge in [0.1, 0.15) is 5.75 Å². The maximum absolute atomic E-state index is 13.1. The first-order valence-corrected chi connectivity index (χ1v) is 11.9. The second-order valence-electron chi connectivity index (χ2n) is 8.23. The van der Waals surface area contributed by atoms with Crippen molar-refractivity contribution in [3.05, 3.63) is 95.3 Å². The number of hydrogen-bond donors (Lipinski definition) is 1. The van der Waals surface area contributed by atoms with E-state index in [2.05, 4.69) is 24.3 Å². The third-order valence-electron chi connectivity index (χ3n) is 6.05. The van der Waals surface area contributed by atoms with Crippen LogP contribution >= 0.6 is 0 Å². The molecule has 0 aliphatic heterocycles. The molecule has 0 aliphatic rings. The topological polar surface area (TPSA) is 100 Å². The van der Waals surface area contributed by atoms with E-state index in [0.717, 1.165) is 22.4 Å². The zero-order valence-corrected chi connectivity index (χ0v) is 20.3. The van der Waals surface area contributed by atoms with Gasteiger partial charge in [0.05, 0.1) is 17.7 Å². The number of rotatable bonds is 10. The molecule has 0 radical (unpaired) electrons. The fraction of sp³-hybridized carbons (Fsp3) is 0.207. The standard InChI is InChI=1S/C29H28N2O5/c1-3-21-23(17-20-13-8-9-14-22(20)19-11-6-5-7-12-19)31-16-10-15-24(36-18-25(32)35-4-2)27(31)26(21)28(33)29(30)34/h5-16H,3-4,17-18H2,1-2H3,(H2,30,34). The van der Waals surface area contributed by atoms with Crippen molar-refractivity contribution in [2.75, 3.05) is 13.2 Å². The zero-order chi connectivity index (χ0) is 25.7. The Bertz CT molecular complexity index is 1420. The average molecular weight is 485 g/mol. The van der Waals surface area contributed by atoms with E-state index in [1.54, 1.807) is 19.1 Å². The summed E-state index contributed by atoms with van der Waals surface area (Å²) in [6.45, 7) is 3.55. The molecule has 2 N–H and O–H groups in total. The molecule has 7 nitrogen and oxygen atoms in total. The van der Waals surface area contributed by atoms with Crippen LogP contribution in [0.1, 0.15) is 41.0 Å². The van der Waals surface area contributed by atoms with Crippen LogP contribution in [0.2, 0.25) is 0 Å². The first kappa shape index (κ1) is 24.7. The number of pyridine rings is 1. The van der Waals surface area contributed by atoms with Gasteiger partial charge in [-0.15, -0.1) is 0 Å². The third-order valence-corrected chi connectivity index (χ3v) is 6.05. The third kappa shape index (κ3) is 4.86. The van der Waals surface area contributed by atoms with Gasteiger partial charge in [0.25, 0.3) is 11.7 Å². The summed E-state index contributed by atoms with van der Waals surface area (Å²) >= 11 is 0. The number of amides is 1. The maximum Gasteiger partial charge on any atom is 0.344 e. The van der Waals surface area contributed by atoms with Crippen LogP contribution in [0.5, 0.6) is 5.75 Å². The van der Waals surface area contributed by atoms with Crippen LogP contribution in [0.15, 0.2) is 72.9 Å². The van der Waals surface area contributed by atoms with Crippen LogP contribution in [-0.4, -0.2) is 35.3 Å². The van der Waals surface area contributed by atoms with E-state index in [-0.39, 0.29) is 18.8 Å². The Hall–Kier alpha value is -4.39. The molecule has 0 saturated carbocycles. The smallest absolute Gasteiger partial charge is 0.344 e. The lowest BCUT2D eigenvalue weighted by Crippen LogP contribution is -2.24. The highest BCUT2D eigenvalue weighted by atomic mass is 16.6. The first-order chi connectivity index (χ1) is 17.5. The number of nitrogens with two attached hydrogens (primary N) is 1. The molecule has 4 aromatic rings. The summed E-state index contributed by atoms with van der Waals surface area (Å²) in [6.07, 6.45) is 2.82. The van der Waals surface area contributed by atoms with Crippen molar-refractivity contribution in [2.24, 2.45) is 5.73 Å². The minimum atomic E-state index is -1.05. The Morgan fingerprint density at radius 3 is 2.33 bits per heavy atom. The first-order valence-electron chi connectivity index (χ1n) is 11.9. The maximum atomic E-state index is 13.1. The number of carbonyl (C=O) groups excluding carboxylic acids is 3. The van der Waals surface area contributed by atoms with Crippen LogP contribution < -0.4 is 10.5 Å². The Labute approximate surface area is 209 Å². The lowest BCUT2D eigenvalue weighted by atomic mass is 9.94. The van der Waals surface area contributed by atoms with Crippen molar-refractivity contribution < 1.29 is 23.9 Å². The van der Waals surface area contributed by atoms with Crippen molar-refractivity contribution >= 4 is 23.2 Å². The van der Waals surface area contributed by atoms with Gasteiger partial charge in [-0.05, 0) is 47.7 Å². The number of benzene rings is 2. The van der Waals surface area contributed by atoms with Crippen LogP contribution in [0.25, 0.3) is 16.6 Å². The van der Waals surface area contributed by atoms with E-state index in [4.69, 9.17) is 15.2 Å². The molecule has 4 rings (SSSR count). The molecule has 0 aliphatic carbocycles. The largest absolute Gasteiger partial charge is 0.480 e. The molecule has 0 atom stereocenters. The van der Waals surface area contributed by atoms with Crippen LogP contribution in [-0.2, 0) is 27.2 Å². The molecule has 0 spiro atoms. The second kappa shape index (κ2) is 10.9. The molecular weight excluding hydrogens is 456 g/mol. The minimum absolute atomic E-state index is 0.205. The lowest BCUT2D eigenvalue weighted by Gasteiger charge is -2.12. The molecule has 2 heterocycles. The normalized spacial score (nSPS) is 10.8. The lowest BCUT2D eigenvalue weighted by molar-refractivity contribution is -0.145. The van der Waals surface area contributed by atoms with E-state index in [1.807, 2.05) is 47.9 Å². The summed E-state index contributed by atoms with van der Waals surface area (Å²) < 4.78 is 12.6. The SMILES string of the molecule is CCOC(=O)COc1cccn2c(Cc3ccccc3-c3ccccc3)c(CC)c(C(=O)C(N)=O)c12. The Morgan fingerprint density at radius 1 is 0.917 bits per heavy atom. The van der Waals surface area contributed by atoms with Crippen molar-refractivity contribution in [1.29, 1.82) is 0 Å². The number of ether oxygens (including phenoxy) is 2. The number of fused-ring (bicyclic) bond motifs is 1. The van der Waals surface area contributed by atoms with Crippen molar-refractivity contribution in [1.82, 2.24) is 4.40 Å². The van der Waals surface area contributed by atoms with E-state index in [1.165, 1.54) is 0 Å². The Kier molecular flexibility index (Phi) is 7.49. The highest BCUT2D eigenvalue weighted by Crippen LogP contribution is 2.35. The molecule has 0 unspecified atom stereocenters. The number of primary amides is 1. The zero-order valence-electron chi connectivity index (χ0n) is 20.3. The Balaban J connectivity index is 1.89. The van der Waals surface area contributed by atoms with Crippen molar-refractivity contribution in [3.63, 3.8) is 0 Å². The average Bonchev–Trinajstić information content (AvgIpc) is 3.21. The van der Waals surface area contributed by atoms with E-state index < -0.39 is 17.7 Å². The molecule has 36 heavy (non-hydrogen) atoms. The van der Waals surface area contributed by atoms with E-state index >= 15 is 0 Å². The highest BCUT2D eigenvalue weighted by molar-refractivity contribution is 6.44. The van der Waals surface area contributed by atoms with E-state index in [0.29, 0.717) is 29.7 Å². The molecule has 2 aromatic heterocycles. The number of ketones is 1. The molecule has 2 aromatic carbocycles. The summed E-state index contributed by atoms with van der Waals surface area (Å²) in [5, 5.41) is 0.